The minimum absolute atomic E-state index is 0.0696. The Labute approximate surface area is 135 Å². The van der Waals surface area contributed by atoms with E-state index in [4.69, 9.17) is 46.4 Å². The first-order chi connectivity index (χ1) is 9.38. The molecule has 0 bridgehead atoms. The minimum Gasteiger partial charge on any atom is -0.508 e. The summed E-state index contributed by atoms with van der Waals surface area (Å²) >= 11 is 23.5. The van der Waals surface area contributed by atoms with Gasteiger partial charge >= 0.3 is 0 Å². The number of rotatable bonds is 2. The molecule has 0 fully saturated rings. The molecule has 0 atom stereocenters. The predicted octanol–water partition coefficient (Wildman–Crippen LogP) is 5.26. The lowest BCUT2D eigenvalue weighted by Gasteiger charge is -2.10. The van der Waals surface area contributed by atoms with E-state index >= 15 is 0 Å². The molecule has 104 valence electrons. The standard InChI is InChI=1S/C13H7Cl4NO2/c14-8-2-1-6(19)3-7(8)13(20)18-12-5-10(16)9(15)4-11(12)17/h1-5,19H,(H,18,20). The highest BCUT2D eigenvalue weighted by atomic mass is 35.5. The lowest BCUT2D eigenvalue weighted by atomic mass is 10.2. The molecule has 7 heteroatoms. The van der Waals surface area contributed by atoms with Gasteiger partial charge in [-0.05, 0) is 30.3 Å². The van der Waals surface area contributed by atoms with Crippen LogP contribution in [0.1, 0.15) is 10.4 Å². The van der Waals surface area contributed by atoms with Crippen molar-refractivity contribution in [2.45, 2.75) is 0 Å². The molecule has 0 aliphatic rings. The topological polar surface area (TPSA) is 49.3 Å². The number of carbonyl (C=O) groups is 1. The maximum Gasteiger partial charge on any atom is 0.257 e. The number of hydrogen-bond donors (Lipinski definition) is 2. The number of phenolic OH excluding ortho intramolecular Hbond substituents is 1. The zero-order chi connectivity index (χ0) is 14.9. The van der Waals surface area contributed by atoms with Crippen molar-refractivity contribution < 1.29 is 9.90 Å². The molecule has 0 aliphatic heterocycles. The molecule has 0 aromatic heterocycles. The number of hydrogen-bond acceptors (Lipinski definition) is 2. The van der Waals surface area contributed by atoms with Crippen molar-refractivity contribution >= 4 is 58.0 Å². The van der Waals surface area contributed by atoms with Crippen molar-refractivity contribution in [1.29, 1.82) is 0 Å². The van der Waals surface area contributed by atoms with Gasteiger partial charge in [-0.15, -0.1) is 0 Å². The van der Waals surface area contributed by atoms with E-state index in [0.29, 0.717) is 5.69 Å². The molecular formula is C13H7Cl4NO2. The van der Waals surface area contributed by atoms with Crippen molar-refractivity contribution in [2.75, 3.05) is 5.32 Å². The Morgan fingerprint density at radius 3 is 2.25 bits per heavy atom. The molecule has 0 saturated carbocycles. The van der Waals surface area contributed by atoms with Crippen molar-refractivity contribution in [3.63, 3.8) is 0 Å². The number of carbonyl (C=O) groups excluding carboxylic acids is 1. The van der Waals surface area contributed by atoms with Crippen molar-refractivity contribution in [2.24, 2.45) is 0 Å². The second-order valence-electron chi connectivity index (χ2n) is 3.86. The Morgan fingerprint density at radius 1 is 0.900 bits per heavy atom. The summed E-state index contributed by atoms with van der Waals surface area (Å²) in [7, 11) is 0. The highest BCUT2D eigenvalue weighted by Gasteiger charge is 2.14. The average molecular weight is 351 g/mol. The molecule has 2 aromatic carbocycles. The first kappa shape index (κ1) is 15.3. The van der Waals surface area contributed by atoms with E-state index in [1.807, 2.05) is 0 Å². The van der Waals surface area contributed by atoms with E-state index in [9.17, 15) is 9.90 Å². The van der Waals surface area contributed by atoms with Gasteiger partial charge in [-0.25, -0.2) is 0 Å². The summed E-state index contributed by atoms with van der Waals surface area (Å²) in [5.74, 6) is -0.592. The molecule has 0 unspecified atom stereocenters. The SMILES string of the molecule is O=C(Nc1cc(Cl)c(Cl)cc1Cl)c1cc(O)ccc1Cl. The number of aromatic hydroxyl groups is 1. The molecule has 3 nitrogen and oxygen atoms in total. The molecule has 0 radical (unpaired) electrons. The Morgan fingerprint density at radius 2 is 1.55 bits per heavy atom. The van der Waals surface area contributed by atoms with Gasteiger partial charge in [0.05, 0.1) is 31.3 Å². The monoisotopic (exact) mass is 349 g/mol. The summed E-state index contributed by atoms with van der Waals surface area (Å²) in [6.45, 7) is 0. The fourth-order valence-corrected chi connectivity index (χ4v) is 2.29. The van der Waals surface area contributed by atoms with Crippen LogP contribution in [0.5, 0.6) is 5.75 Å². The summed E-state index contributed by atoms with van der Waals surface area (Å²) in [4.78, 5) is 12.1. The van der Waals surface area contributed by atoms with Gasteiger partial charge in [-0.3, -0.25) is 4.79 Å². The van der Waals surface area contributed by atoms with Gasteiger partial charge < -0.3 is 10.4 Å². The fourth-order valence-electron chi connectivity index (χ4n) is 1.50. The molecular weight excluding hydrogens is 344 g/mol. The van der Waals surface area contributed by atoms with Crippen LogP contribution in [0.3, 0.4) is 0 Å². The molecule has 0 aliphatic carbocycles. The highest BCUT2D eigenvalue weighted by Crippen LogP contribution is 2.33. The van der Waals surface area contributed by atoms with Crippen LogP contribution in [-0.4, -0.2) is 11.0 Å². The van der Waals surface area contributed by atoms with Gasteiger partial charge in [0.1, 0.15) is 5.75 Å². The summed E-state index contributed by atoms with van der Waals surface area (Å²) in [5.41, 5.74) is 0.416. The van der Waals surface area contributed by atoms with E-state index in [-0.39, 0.29) is 31.4 Å². The molecule has 1 amide bonds. The van der Waals surface area contributed by atoms with Gasteiger partial charge in [-0.1, -0.05) is 46.4 Å². The largest absolute Gasteiger partial charge is 0.508 e. The van der Waals surface area contributed by atoms with Crippen LogP contribution in [-0.2, 0) is 0 Å². The summed E-state index contributed by atoms with van der Waals surface area (Å²) in [6, 6.07) is 6.91. The van der Waals surface area contributed by atoms with Crippen molar-refractivity contribution in [1.82, 2.24) is 0 Å². The summed E-state index contributed by atoms with van der Waals surface area (Å²) in [6.07, 6.45) is 0. The molecule has 20 heavy (non-hydrogen) atoms. The number of amides is 1. The number of phenols is 1. The quantitative estimate of drug-likeness (QED) is 0.726. The van der Waals surface area contributed by atoms with Gasteiger partial charge in [0, 0.05) is 0 Å². The van der Waals surface area contributed by atoms with Gasteiger partial charge in [-0.2, -0.15) is 0 Å². The first-order valence-corrected chi connectivity index (χ1v) is 6.84. The molecule has 0 spiro atoms. The van der Waals surface area contributed by atoms with Gasteiger partial charge in [0.2, 0.25) is 0 Å². The van der Waals surface area contributed by atoms with Crippen molar-refractivity contribution in [3.8, 4) is 5.75 Å². The Bertz CT molecular complexity index is 688. The van der Waals surface area contributed by atoms with Crippen molar-refractivity contribution in [3.05, 3.63) is 56.0 Å². The highest BCUT2D eigenvalue weighted by molar-refractivity contribution is 6.44. The summed E-state index contributed by atoms with van der Waals surface area (Å²) < 4.78 is 0. The lowest BCUT2D eigenvalue weighted by molar-refractivity contribution is 0.102. The van der Waals surface area contributed by atoms with E-state index in [0.717, 1.165) is 0 Å². The molecule has 0 saturated heterocycles. The summed E-state index contributed by atoms with van der Waals surface area (Å²) in [5, 5.41) is 12.9. The zero-order valence-corrected chi connectivity index (χ0v) is 12.8. The van der Waals surface area contributed by atoms with Crippen LogP contribution in [0.2, 0.25) is 20.1 Å². The third-order valence-corrected chi connectivity index (χ3v) is 3.82. The van der Waals surface area contributed by atoms with E-state index < -0.39 is 5.91 Å². The normalized spacial score (nSPS) is 10.4. The zero-order valence-electron chi connectivity index (χ0n) is 9.75. The number of halogens is 4. The third-order valence-electron chi connectivity index (χ3n) is 2.45. The molecule has 2 aromatic rings. The molecule has 2 N–H and O–H groups in total. The van der Waals surface area contributed by atoms with Crippen LogP contribution >= 0.6 is 46.4 Å². The van der Waals surface area contributed by atoms with Gasteiger partial charge in [0.15, 0.2) is 0 Å². The Hall–Kier alpha value is -1.13. The third kappa shape index (κ3) is 3.30. The number of benzene rings is 2. The van der Waals surface area contributed by atoms with Crippen LogP contribution in [0.4, 0.5) is 5.69 Å². The maximum absolute atomic E-state index is 12.1. The maximum atomic E-state index is 12.1. The number of anilines is 1. The van der Waals surface area contributed by atoms with Crippen LogP contribution < -0.4 is 5.32 Å². The second kappa shape index (κ2) is 6.10. The van der Waals surface area contributed by atoms with E-state index in [1.54, 1.807) is 0 Å². The van der Waals surface area contributed by atoms with Gasteiger partial charge in [0.25, 0.3) is 5.91 Å². The minimum atomic E-state index is -0.522. The first-order valence-electron chi connectivity index (χ1n) is 5.33. The predicted molar refractivity (Wildman–Crippen MR) is 82.5 cm³/mol. The lowest BCUT2D eigenvalue weighted by Crippen LogP contribution is -2.12. The number of nitrogens with one attached hydrogen (secondary N) is 1. The van der Waals surface area contributed by atoms with E-state index in [2.05, 4.69) is 5.32 Å². The Balaban J connectivity index is 2.32. The fraction of sp³-hybridized carbons (Fsp3) is 0. The van der Waals surface area contributed by atoms with E-state index in [1.165, 1.54) is 30.3 Å². The Kier molecular flexibility index (Phi) is 4.66. The average Bonchev–Trinajstić information content (AvgIpc) is 2.38. The molecule has 2 rings (SSSR count). The van der Waals surface area contributed by atoms with Crippen LogP contribution in [0.15, 0.2) is 30.3 Å². The molecule has 0 heterocycles. The van der Waals surface area contributed by atoms with Crippen LogP contribution in [0, 0.1) is 0 Å². The second-order valence-corrected chi connectivity index (χ2v) is 5.49. The smallest absolute Gasteiger partial charge is 0.257 e. The van der Waals surface area contributed by atoms with Crippen LogP contribution in [0.25, 0.3) is 0 Å².